The van der Waals surface area contributed by atoms with Crippen LogP contribution in [0, 0.1) is 11.8 Å². The molecule has 9 heteroatoms. The molecule has 9 nitrogen and oxygen atoms in total. The van der Waals surface area contributed by atoms with Gasteiger partial charge < -0.3 is 31.9 Å². The van der Waals surface area contributed by atoms with Crippen LogP contribution in [-0.4, -0.2) is 62.8 Å². The number of hydrogen-bond acceptors (Lipinski definition) is 8. The third-order valence-electron chi connectivity index (χ3n) is 8.20. The lowest BCUT2D eigenvalue weighted by Crippen LogP contribution is -2.62. The number of amides is 1. The second kappa shape index (κ2) is 8.72. The summed E-state index contributed by atoms with van der Waals surface area (Å²) in [5.74, 6) is -3.73. The van der Waals surface area contributed by atoms with E-state index in [1.165, 1.54) is 0 Å². The van der Waals surface area contributed by atoms with Crippen LogP contribution in [0.2, 0.25) is 0 Å². The van der Waals surface area contributed by atoms with Crippen LogP contribution in [0.5, 0.6) is 5.75 Å². The Kier molecular flexibility index (Phi) is 5.90. The molecular weight excluding hydrogens is 474 g/mol. The van der Waals surface area contributed by atoms with Gasteiger partial charge in [0.25, 0.3) is 0 Å². The number of fused-ring (bicyclic) bond motifs is 3. The fraction of sp³-hybridized carbons (Fsp3) is 0.357. The second-order valence-electron chi connectivity index (χ2n) is 10.4. The van der Waals surface area contributed by atoms with Crippen molar-refractivity contribution in [3.63, 3.8) is 0 Å². The molecule has 5 rings (SSSR count). The highest BCUT2D eigenvalue weighted by atomic mass is 16.3. The summed E-state index contributed by atoms with van der Waals surface area (Å²) < 4.78 is 0. The van der Waals surface area contributed by atoms with E-state index in [4.69, 9.17) is 11.5 Å². The van der Waals surface area contributed by atoms with E-state index in [2.05, 4.69) is 0 Å². The summed E-state index contributed by atoms with van der Waals surface area (Å²) in [5.41, 5.74) is 12.0. The van der Waals surface area contributed by atoms with Crippen molar-refractivity contribution >= 4 is 17.4 Å². The molecule has 0 bridgehead atoms. The van der Waals surface area contributed by atoms with Crippen LogP contribution in [0.15, 0.2) is 53.3 Å². The van der Waals surface area contributed by atoms with Gasteiger partial charge in [-0.05, 0) is 55.6 Å². The van der Waals surface area contributed by atoms with Crippen molar-refractivity contribution in [3.8, 4) is 16.9 Å². The van der Waals surface area contributed by atoms with E-state index in [1.807, 2.05) is 30.3 Å². The summed E-state index contributed by atoms with van der Waals surface area (Å²) in [6.45, 7) is 0.0154. The van der Waals surface area contributed by atoms with Crippen LogP contribution in [0.4, 0.5) is 0 Å². The Hall–Kier alpha value is -3.66. The molecule has 4 atom stereocenters. The van der Waals surface area contributed by atoms with Crippen molar-refractivity contribution in [2.45, 2.75) is 37.5 Å². The molecular formula is C28H31N3O6. The average Bonchev–Trinajstić information content (AvgIpc) is 2.85. The number of aliphatic hydroxyl groups is 3. The maximum atomic E-state index is 14.0. The molecule has 0 radical (unpaired) electrons. The monoisotopic (exact) mass is 505 g/mol. The Balaban J connectivity index is 1.73. The molecule has 0 heterocycles. The third-order valence-corrected chi connectivity index (χ3v) is 8.20. The predicted molar refractivity (Wildman–Crippen MR) is 137 cm³/mol. The van der Waals surface area contributed by atoms with Gasteiger partial charge in [-0.2, -0.15) is 0 Å². The number of benzene rings is 2. The molecule has 2 aromatic rings. The third kappa shape index (κ3) is 3.57. The first kappa shape index (κ1) is 25.0. The Labute approximate surface area is 214 Å². The molecule has 2 aromatic carbocycles. The highest BCUT2D eigenvalue weighted by molar-refractivity contribution is 6.10. The number of ketones is 1. The fourth-order valence-corrected chi connectivity index (χ4v) is 6.49. The Morgan fingerprint density at radius 1 is 1.16 bits per heavy atom. The van der Waals surface area contributed by atoms with E-state index >= 15 is 0 Å². The summed E-state index contributed by atoms with van der Waals surface area (Å²) in [4.78, 5) is 27.7. The number of phenols is 1. The topological polar surface area (TPSA) is 170 Å². The van der Waals surface area contributed by atoms with Gasteiger partial charge in [-0.15, -0.1) is 0 Å². The van der Waals surface area contributed by atoms with Crippen molar-refractivity contribution in [1.82, 2.24) is 4.90 Å². The van der Waals surface area contributed by atoms with Crippen LogP contribution >= 0.6 is 0 Å². The van der Waals surface area contributed by atoms with Crippen molar-refractivity contribution in [3.05, 3.63) is 70.0 Å². The Morgan fingerprint density at radius 2 is 1.84 bits per heavy atom. The predicted octanol–water partition coefficient (Wildman–Crippen LogP) is 1.91. The summed E-state index contributed by atoms with van der Waals surface area (Å²) in [7, 11) is 3.38. The first-order chi connectivity index (χ1) is 17.5. The standard InChI is InChI=1S/C28H31N3O6/c1-31(2)22-19-10-14-8-17-16(13-6-4-3-5-7-13)9-15(12-29)23(32)21(17)25(34)20(14)26(35)28(19,37)11-18(24(22)33)27(30)36/h3-7,9,14,19,22,32-34,37H,8,10-12,29H2,1-2H3,(H2,30,36). The number of aliphatic hydroxyl groups excluding tert-OH is 2. The zero-order valence-corrected chi connectivity index (χ0v) is 20.7. The molecule has 0 saturated heterocycles. The normalized spacial score (nSPS) is 27.2. The average molecular weight is 506 g/mol. The number of nitrogens with two attached hydrogens (primary N) is 2. The van der Waals surface area contributed by atoms with Gasteiger partial charge in [0.2, 0.25) is 5.91 Å². The molecule has 3 aliphatic rings. The molecule has 3 aliphatic carbocycles. The Morgan fingerprint density at radius 3 is 2.43 bits per heavy atom. The van der Waals surface area contributed by atoms with Gasteiger partial charge in [-0.1, -0.05) is 30.3 Å². The van der Waals surface area contributed by atoms with E-state index in [-0.39, 0.29) is 41.2 Å². The van der Waals surface area contributed by atoms with E-state index < -0.39 is 47.3 Å². The van der Waals surface area contributed by atoms with Crippen molar-refractivity contribution in [1.29, 1.82) is 0 Å². The molecule has 0 aromatic heterocycles. The van der Waals surface area contributed by atoms with Crippen LogP contribution in [-0.2, 0) is 22.6 Å². The lowest BCUT2D eigenvalue weighted by atomic mass is 9.57. The lowest BCUT2D eigenvalue weighted by molar-refractivity contribution is -0.151. The minimum atomic E-state index is -2.06. The first-order valence-electron chi connectivity index (χ1n) is 12.2. The largest absolute Gasteiger partial charge is 0.510 e. The number of carbonyl (C=O) groups is 2. The molecule has 1 saturated carbocycles. The van der Waals surface area contributed by atoms with Gasteiger partial charge in [0.1, 0.15) is 22.9 Å². The van der Waals surface area contributed by atoms with Gasteiger partial charge in [-0.3, -0.25) is 14.5 Å². The van der Waals surface area contributed by atoms with E-state index in [0.29, 0.717) is 17.5 Å². The number of carbonyl (C=O) groups excluding carboxylic acids is 2. The smallest absolute Gasteiger partial charge is 0.248 e. The summed E-state index contributed by atoms with van der Waals surface area (Å²) >= 11 is 0. The number of nitrogens with zero attached hydrogens (tertiary/aromatic N) is 1. The van der Waals surface area contributed by atoms with Crippen LogP contribution < -0.4 is 11.5 Å². The molecule has 0 aliphatic heterocycles. The number of rotatable bonds is 4. The van der Waals surface area contributed by atoms with Gasteiger partial charge in [-0.25, -0.2) is 0 Å². The maximum absolute atomic E-state index is 14.0. The Bertz CT molecular complexity index is 1380. The lowest BCUT2D eigenvalue weighted by Gasteiger charge is -2.51. The van der Waals surface area contributed by atoms with Crippen LogP contribution in [0.25, 0.3) is 16.9 Å². The SMILES string of the molecule is CN(C)C1C(O)=C(C(N)=O)CC2(O)C(=O)C3=C(O)c4c(O)c(CN)cc(-c5ccccc5)c4CC3CC12. The van der Waals surface area contributed by atoms with Crippen molar-refractivity contribution < 1.29 is 30.0 Å². The van der Waals surface area contributed by atoms with Gasteiger partial charge in [0.15, 0.2) is 5.78 Å². The quantitative estimate of drug-likeness (QED) is 0.366. The molecule has 194 valence electrons. The molecule has 8 N–H and O–H groups in total. The van der Waals surface area contributed by atoms with Gasteiger partial charge in [0, 0.05) is 30.0 Å². The molecule has 1 fully saturated rings. The number of Topliss-reactive ketones (excluding diaryl/α,β-unsaturated/α-hetero) is 1. The zero-order chi connectivity index (χ0) is 26.8. The van der Waals surface area contributed by atoms with Crippen molar-refractivity contribution in [2.75, 3.05) is 14.1 Å². The fourth-order valence-electron chi connectivity index (χ4n) is 6.49. The first-order valence-corrected chi connectivity index (χ1v) is 12.2. The summed E-state index contributed by atoms with van der Waals surface area (Å²) in [5, 5.41) is 45.2. The van der Waals surface area contributed by atoms with Gasteiger partial charge in [0.05, 0.1) is 17.2 Å². The highest BCUT2D eigenvalue weighted by Crippen LogP contribution is 2.54. The van der Waals surface area contributed by atoms with Crippen LogP contribution in [0.3, 0.4) is 0 Å². The van der Waals surface area contributed by atoms with Crippen LogP contribution in [0.1, 0.15) is 29.5 Å². The molecule has 37 heavy (non-hydrogen) atoms. The number of likely N-dealkylation sites (N-methyl/N-ethyl adjacent to an activating group) is 1. The van der Waals surface area contributed by atoms with E-state index in [1.54, 1.807) is 25.1 Å². The van der Waals surface area contributed by atoms with E-state index in [0.717, 1.165) is 11.1 Å². The summed E-state index contributed by atoms with van der Waals surface area (Å²) in [6, 6.07) is 10.5. The zero-order valence-electron chi connectivity index (χ0n) is 20.7. The minimum Gasteiger partial charge on any atom is -0.510 e. The number of primary amides is 1. The molecule has 0 spiro atoms. The molecule has 4 unspecified atom stereocenters. The summed E-state index contributed by atoms with van der Waals surface area (Å²) in [6.07, 6.45) is 0.124. The maximum Gasteiger partial charge on any atom is 0.248 e. The number of hydrogen-bond donors (Lipinski definition) is 6. The van der Waals surface area contributed by atoms with E-state index in [9.17, 15) is 30.0 Å². The second-order valence-corrected chi connectivity index (χ2v) is 10.4. The number of phenolic OH excluding ortho intramolecular Hbond substituents is 1. The highest BCUT2D eigenvalue weighted by Gasteiger charge is 2.60. The number of aromatic hydroxyl groups is 1. The van der Waals surface area contributed by atoms with Crippen molar-refractivity contribution in [2.24, 2.45) is 23.3 Å². The molecule has 1 amide bonds. The van der Waals surface area contributed by atoms with Gasteiger partial charge >= 0.3 is 0 Å². The minimum absolute atomic E-state index is 0.0115.